The molecule has 0 bridgehead atoms. The minimum Gasteiger partial charge on any atom is -0.497 e. The van der Waals surface area contributed by atoms with Gasteiger partial charge in [0.25, 0.3) is 11.8 Å². The summed E-state index contributed by atoms with van der Waals surface area (Å²) in [6.45, 7) is 2.08. The number of rotatable bonds is 6. The number of benzene rings is 3. The molecule has 0 radical (unpaired) electrons. The van der Waals surface area contributed by atoms with Crippen LogP contribution in [-0.4, -0.2) is 25.0 Å². The minimum atomic E-state index is -0.806. The van der Waals surface area contributed by atoms with Crippen LogP contribution in [0.2, 0.25) is 0 Å². The van der Waals surface area contributed by atoms with Gasteiger partial charge in [-0.1, -0.05) is 50.1 Å². The number of nitrogens with zero attached hydrogens (tertiary/aromatic N) is 1. The number of barbiturate groups is 1. The number of amides is 4. The second-order valence-corrected chi connectivity index (χ2v) is 9.38. The molecule has 1 fully saturated rings. The lowest BCUT2D eigenvalue weighted by Gasteiger charge is -2.27. The van der Waals surface area contributed by atoms with E-state index in [9.17, 15) is 14.4 Å². The monoisotopic (exact) mass is 598 g/mol. The highest BCUT2D eigenvalue weighted by Gasteiger charge is 2.37. The molecule has 4 amide bonds. The quantitative estimate of drug-likeness (QED) is 0.287. The Balaban J connectivity index is 1.70. The number of halogens is 2. The van der Waals surface area contributed by atoms with E-state index in [-0.39, 0.29) is 12.2 Å². The number of ether oxygens (including phenoxy) is 2. The summed E-state index contributed by atoms with van der Waals surface area (Å²) in [5.74, 6) is -0.544. The molecule has 9 heteroatoms. The summed E-state index contributed by atoms with van der Waals surface area (Å²) in [5, 5.41) is 2.25. The van der Waals surface area contributed by atoms with Crippen molar-refractivity contribution >= 4 is 61.5 Å². The fraction of sp³-hybridized carbons (Fsp3) is 0.115. The summed E-state index contributed by atoms with van der Waals surface area (Å²) in [6, 6.07) is 16.9. The third kappa shape index (κ3) is 5.31. The topological polar surface area (TPSA) is 84.9 Å². The first-order valence-corrected chi connectivity index (χ1v) is 12.1. The standard InChI is InChI=1S/C26H20Br2N2O5/c1-15-11-18(8-10-21(15)27)30-25(32)20(24(31)29-26(30)33)12-16-7-9-19(34-2)13-23(16)35-14-17-5-3-4-6-22(17)28/h3-13H,14H2,1-2H3,(H,29,31,33)/b20-12-. The molecule has 3 aromatic rings. The van der Waals surface area contributed by atoms with Gasteiger partial charge < -0.3 is 9.47 Å². The van der Waals surface area contributed by atoms with Gasteiger partial charge in [-0.2, -0.15) is 0 Å². The molecule has 35 heavy (non-hydrogen) atoms. The zero-order chi connectivity index (χ0) is 25.1. The Morgan fingerprint density at radius 2 is 1.74 bits per heavy atom. The van der Waals surface area contributed by atoms with Crippen molar-refractivity contribution in [1.29, 1.82) is 0 Å². The van der Waals surface area contributed by atoms with E-state index in [2.05, 4.69) is 37.2 Å². The van der Waals surface area contributed by atoms with Crippen LogP contribution in [0.5, 0.6) is 11.5 Å². The molecule has 0 aliphatic carbocycles. The molecular weight excluding hydrogens is 580 g/mol. The zero-order valence-corrected chi connectivity index (χ0v) is 22.0. The summed E-state index contributed by atoms with van der Waals surface area (Å²) < 4.78 is 13.1. The molecule has 1 N–H and O–H groups in total. The molecule has 1 aliphatic heterocycles. The average Bonchev–Trinajstić information content (AvgIpc) is 2.83. The molecular formula is C26H20Br2N2O5. The van der Waals surface area contributed by atoms with Crippen LogP contribution in [0, 0.1) is 6.92 Å². The number of nitrogens with one attached hydrogen (secondary N) is 1. The fourth-order valence-corrected chi connectivity index (χ4v) is 4.12. The van der Waals surface area contributed by atoms with Crippen LogP contribution in [0.1, 0.15) is 16.7 Å². The molecule has 0 atom stereocenters. The van der Waals surface area contributed by atoms with Crippen LogP contribution in [-0.2, 0) is 16.2 Å². The van der Waals surface area contributed by atoms with Gasteiger partial charge in [-0.25, -0.2) is 9.69 Å². The van der Waals surface area contributed by atoms with E-state index < -0.39 is 17.8 Å². The Hall–Kier alpha value is -3.43. The second-order valence-electron chi connectivity index (χ2n) is 7.68. The first-order valence-electron chi connectivity index (χ1n) is 10.5. The third-order valence-corrected chi connectivity index (χ3v) is 7.03. The van der Waals surface area contributed by atoms with Crippen molar-refractivity contribution in [2.75, 3.05) is 12.0 Å². The van der Waals surface area contributed by atoms with Crippen molar-refractivity contribution in [1.82, 2.24) is 5.32 Å². The maximum absolute atomic E-state index is 13.3. The zero-order valence-electron chi connectivity index (χ0n) is 18.8. The number of anilines is 1. The highest BCUT2D eigenvalue weighted by atomic mass is 79.9. The van der Waals surface area contributed by atoms with Gasteiger partial charge in [-0.3, -0.25) is 14.9 Å². The molecule has 0 saturated carbocycles. The number of carbonyl (C=O) groups is 3. The lowest BCUT2D eigenvalue weighted by Crippen LogP contribution is -2.54. The fourth-order valence-electron chi connectivity index (χ4n) is 3.47. The van der Waals surface area contributed by atoms with E-state index in [0.717, 1.165) is 25.0 Å². The Labute approximate surface area is 219 Å². The SMILES string of the molecule is COc1ccc(/C=C2/C(=O)NC(=O)N(c3ccc(Br)c(C)c3)C2=O)c(OCc2ccccc2Br)c1. The minimum absolute atomic E-state index is 0.193. The number of aryl methyl sites for hydroxylation is 1. The lowest BCUT2D eigenvalue weighted by molar-refractivity contribution is -0.122. The first-order chi connectivity index (χ1) is 16.8. The van der Waals surface area contributed by atoms with E-state index in [0.29, 0.717) is 22.7 Å². The van der Waals surface area contributed by atoms with Crippen LogP contribution < -0.4 is 19.7 Å². The van der Waals surface area contributed by atoms with Gasteiger partial charge >= 0.3 is 6.03 Å². The normalized spacial score (nSPS) is 14.8. The Morgan fingerprint density at radius 1 is 0.971 bits per heavy atom. The Morgan fingerprint density at radius 3 is 2.46 bits per heavy atom. The predicted octanol–water partition coefficient (Wildman–Crippen LogP) is 5.77. The molecule has 7 nitrogen and oxygen atoms in total. The average molecular weight is 600 g/mol. The molecule has 1 saturated heterocycles. The summed E-state index contributed by atoms with van der Waals surface area (Å²) in [7, 11) is 1.53. The Kier molecular flexibility index (Phi) is 7.37. The smallest absolute Gasteiger partial charge is 0.335 e. The maximum atomic E-state index is 13.3. The van der Waals surface area contributed by atoms with Gasteiger partial charge in [0.2, 0.25) is 0 Å². The molecule has 0 spiro atoms. The summed E-state index contributed by atoms with van der Waals surface area (Å²) >= 11 is 6.91. The number of imide groups is 2. The largest absolute Gasteiger partial charge is 0.497 e. The van der Waals surface area contributed by atoms with Gasteiger partial charge in [-0.05, 0) is 55.0 Å². The van der Waals surface area contributed by atoms with Crippen molar-refractivity contribution in [2.24, 2.45) is 0 Å². The lowest BCUT2D eigenvalue weighted by atomic mass is 10.1. The molecule has 0 unspecified atom stereocenters. The van der Waals surface area contributed by atoms with Crippen molar-refractivity contribution in [2.45, 2.75) is 13.5 Å². The van der Waals surface area contributed by atoms with E-state index in [1.54, 1.807) is 36.4 Å². The van der Waals surface area contributed by atoms with E-state index in [1.807, 2.05) is 31.2 Å². The maximum Gasteiger partial charge on any atom is 0.335 e. The van der Waals surface area contributed by atoms with E-state index in [1.165, 1.54) is 13.2 Å². The van der Waals surface area contributed by atoms with Crippen molar-refractivity contribution in [3.8, 4) is 11.5 Å². The molecule has 1 aliphatic rings. The number of methoxy groups -OCH3 is 1. The number of hydrogen-bond donors (Lipinski definition) is 1. The van der Waals surface area contributed by atoms with Crippen LogP contribution in [0.3, 0.4) is 0 Å². The van der Waals surface area contributed by atoms with Crippen LogP contribution in [0.25, 0.3) is 6.08 Å². The van der Waals surface area contributed by atoms with Crippen LogP contribution >= 0.6 is 31.9 Å². The summed E-state index contributed by atoms with van der Waals surface area (Å²) in [4.78, 5) is 39.4. The highest BCUT2D eigenvalue weighted by molar-refractivity contribution is 9.10. The number of hydrogen-bond acceptors (Lipinski definition) is 5. The van der Waals surface area contributed by atoms with E-state index in [4.69, 9.17) is 9.47 Å². The highest BCUT2D eigenvalue weighted by Crippen LogP contribution is 2.31. The van der Waals surface area contributed by atoms with Crippen molar-refractivity contribution in [3.05, 3.63) is 91.9 Å². The Bertz CT molecular complexity index is 1370. The van der Waals surface area contributed by atoms with Gasteiger partial charge in [-0.15, -0.1) is 0 Å². The molecule has 178 valence electrons. The first kappa shape index (κ1) is 24.7. The second kappa shape index (κ2) is 10.5. The van der Waals surface area contributed by atoms with Gasteiger partial charge in [0.15, 0.2) is 0 Å². The van der Waals surface area contributed by atoms with Gasteiger partial charge in [0.1, 0.15) is 23.7 Å². The van der Waals surface area contributed by atoms with Gasteiger partial charge in [0.05, 0.1) is 12.8 Å². The third-order valence-electron chi connectivity index (χ3n) is 5.36. The van der Waals surface area contributed by atoms with Crippen molar-refractivity contribution < 1.29 is 23.9 Å². The van der Waals surface area contributed by atoms with Gasteiger partial charge in [0, 0.05) is 26.1 Å². The molecule has 1 heterocycles. The van der Waals surface area contributed by atoms with Crippen LogP contribution in [0.4, 0.5) is 10.5 Å². The number of carbonyl (C=O) groups excluding carboxylic acids is 3. The molecule has 4 rings (SSSR count). The molecule has 3 aromatic carbocycles. The number of urea groups is 1. The molecule has 0 aromatic heterocycles. The van der Waals surface area contributed by atoms with E-state index >= 15 is 0 Å². The predicted molar refractivity (Wildman–Crippen MR) is 139 cm³/mol. The summed E-state index contributed by atoms with van der Waals surface area (Å²) in [6.07, 6.45) is 1.41. The van der Waals surface area contributed by atoms with Crippen molar-refractivity contribution in [3.63, 3.8) is 0 Å². The summed E-state index contributed by atoms with van der Waals surface area (Å²) in [5.41, 5.74) is 2.40. The van der Waals surface area contributed by atoms with Crippen LogP contribution in [0.15, 0.2) is 75.2 Å².